The van der Waals surface area contributed by atoms with Crippen LogP contribution in [0.1, 0.15) is 12.8 Å². The second kappa shape index (κ2) is 4.39. The van der Waals surface area contributed by atoms with Crippen LogP contribution in [0.25, 0.3) is 11.4 Å². The summed E-state index contributed by atoms with van der Waals surface area (Å²) in [6, 6.07) is 7.85. The largest absolute Gasteiger partial charge is 0.345 e. The Morgan fingerprint density at radius 1 is 1.33 bits per heavy atom. The molecule has 0 N–H and O–H groups in total. The van der Waals surface area contributed by atoms with Gasteiger partial charge in [0.2, 0.25) is 0 Å². The molecule has 0 spiro atoms. The van der Waals surface area contributed by atoms with Crippen molar-refractivity contribution in [3.63, 3.8) is 0 Å². The van der Waals surface area contributed by atoms with Crippen molar-refractivity contribution in [2.75, 3.05) is 0 Å². The normalized spacial score (nSPS) is 15.0. The molecule has 3 rings (SSSR count). The Balaban J connectivity index is 2.00. The van der Waals surface area contributed by atoms with Gasteiger partial charge in [0.25, 0.3) is 0 Å². The molecule has 1 aromatic heterocycles. The molecule has 0 unspecified atom stereocenters. The minimum Gasteiger partial charge on any atom is -0.278 e. The first-order valence-corrected chi connectivity index (χ1v) is 6.84. The molecule has 1 aromatic carbocycles. The number of hydrogen-bond acceptors (Lipinski definition) is 2. The molecule has 1 fully saturated rings. The highest BCUT2D eigenvalue weighted by molar-refractivity contribution is 9.10. The third kappa shape index (κ3) is 2.14. The van der Waals surface area contributed by atoms with Gasteiger partial charge in [0.15, 0.2) is 5.82 Å². The molecule has 2 aromatic rings. The van der Waals surface area contributed by atoms with E-state index in [1.165, 1.54) is 12.8 Å². The zero-order chi connectivity index (χ0) is 12.7. The molecule has 1 saturated carbocycles. The van der Waals surface area contributed by atoms with Crippen molar-refractivity contribution in [3.8, 4) is 11.4 Å². The Morgan fingerprint density at radius 3 is 2.61 bits per heavy atom. The molecular weight excluding hydrogens is 294 g/mol. The number of aromatic nitrogens is 3. The van der Waals surface area contributed by atoms with Crippen molar-refractivity contribution in [2.24, 2.45) is 13.0 Å². The van der Waals surface area contributed by atoms with Gasteiger partial charge in [-0.15, -0.1) is 5.10 Å². The van der Waals surface area contributed by atoms with E-state index in [1.807, 2.05) is 24.3 Å². The highest BCUT2D eigenvalue weighted by Gasteiger charge is 2.24. The number of rotatable bonds is 3. The fraction of sp³-hybridized carbons (Fsp3) is 0.385. The zero-order valence-corrected chi connectivity index (χ0v) is 11.7. The van der Waals surface area contributed by atoms with Crippen molar-refractivity contribution >= 4 is 15.9 Å². The smallest absolute Gasteiger partial charge is 0.278 e. The lowest BCUT2D eigenvalue weighted by atomic mass is 10.2. The van der Waals surface area contributed by atoms with E-state index in [2.05, 4.69) is 21.0 Å². The Hall–Kier alpha value is -1.36. The Bertz CT molecular complexity index is 623. The van der Waals surface area contributed by atoms with Crippen molar-refractivity contribution in [1.82, 2.24) is 14.3 Å². The first-order valence-electron chi connectivity index (χ1n) is 6.05. The van der Waals surface area contributed by atoms with E-state index in [0.29, 0.717) is 5.92 Å². The topological polar surface area (TPSA) is 39.8 Å². The number of halogens is 1. The molecule has 0 amide bonds. The maximum atomic E-state index is 12.0. The van der Waals surface area contributed by atoms with Crippen LogP contribution in [0, 0.1) is 5.92 Å². The fourth-order valence-electron chi connectivity index (χ4n) is 2.00. The maximum Gasteiger partial charge on any atom is 0.345 e. The molecule has 0 aliphatic heterocycles. The van der Waals surface area contributed by atoms with Gasteiger partial charge in [-0.1, -0.05) is 28.1 Å². The summed E-state index contributed by atoms with van der Waals surface area (Å²) in [5, 5.41) is 4.44. The van der Waals surface area contributed by atoms with Crippen LogP contribution in [-0.2, 0) is 13.6 Å². The summed E-state index contributed by atoms with van der Waals surface area (Å²) < 4.78 is 4.23. The van der Waals surface area contributed by atoms with E-state index in [9.17, 15) is 4.79 Å². The molecule has 1 heterocycles. The van der Waals surface area contributed by atoms with Crippen LogP contribution in [-0.4, -0.2) is 14.3 Å². The molecule has 0 bridgehead atoms. The van der Waals surface area contributed by atoms with E-state index < -0.39 is 0 Å². The number of nitrogens with zero attached hydrogens (tertiary/aromatic N) is 3. The monoisotopic (exact) mass is 307 g/mol. The Kier molecular flexibility index (Phi) is 2.86. The highest BCUT2D eigenvalue weighted by atomic mass is 79.9. The van der Waals surface area contributed by atoms with E-state index >= 15 is 0 Å². The van der Waals surface area contributed by atoms with Crippen molar-refractivity contribution in [3.05, 3.63) is 39.2 Å². The quantitative estimate of drug-likeness (QED) is 0.873. The fourth-order valence-corrected chi connectivity index (χ4v) is 2.27. The van der Waals surface area contributed by atoms with Crippen LogP contribution in [0.2, 0.25) is 0 Å². The van der Waals surface area contributed by atoms with Crippen LogP contribution < -0.4 is 5.69 Å². The van der Waals surface area contributed by atoms with Gasteiger partial charge < -0.3 is 0 Å². The zero-order valence-electron chi connectivity index (χ0n) is 10.1. The lowest BCUT2D eigenvalue weighted by molar-refractivity contribution is 0.540. The van der Waals surface area contributed by atoms with Crippen LogP contribution in [0.3, 0.4) is 0 Å². The molecular formula is C13H14BrN3O. The molecule has 5 heteroatoms. The van der Waals surface area contributed by atoms with E-state index in [1.54, 1.807) is 16.3 Å². The van der Waals surface area contributed by atoms with Gasteiger partial charge in [-0.25, -0.2) is 9.48 Å². The van der Waals surface area contributed by atoms with Gasteiger partial charge in [-0.05, 0) is 30.9 Å². The van der Waals surface area contributed by atoms with Crippen LogP contribution in [0.4, 0.5) is 0 Å². The summed E-state index contributed by atoms with van der Waals surface area (Å²) in [4.78, 5) is 12.0. The summed E-state index contributed by atoms with van der Waals surface area (Å²) in [6.45, 7) is 0.753. The summed E-state index contributed by atoms with van der Waals surface area (Å²) >= 11 is 3.40. The second-order valence-corrected chi connectivity index (χ2v) is 5.71. The minimum absolute atomic E-state index is 0.0279. The predicted molar refractivity (Wildman–Crippen MR) is 73.3 cm³/mol. The SMILES string of the molecule is Cn1c(-c2ccc(Br)cc2)nn(CC2CC2)c1=O. The van der Waals surface area contributed by atoms with Crippen molar-refractivity contribution in [1.29, 1.82) is 0 Å². The van der Waals surface area contributed by atoms with Gasteiger partial charge in [-0.2, -0.15) is 0 Å². The standard InChI is InChI=1S/C13H14BrN3O/c1-16-12(10-4-6-11(14)7-5-10)15-17(13(16)18)8-9-2-3-9/h4-7,9H,2-3,8H2,1H3. The second-order valence-electron chi connectivity index (χ2n) is 4.80. The third-order valence-corrected chi connectivity index (χ3v) is 3.80. The van der Waals surface area contributed by atoms with Crippen LogP contribution >= 0.6 is 15.9 Å². The Labute approximate surface area is 113 Å². The maximum absolute atomic E-state index is 12.0. The summed E-state index contributed by atoms with van der Waals surface area (Å²) in [5.41, 5.74) is 0.937. The van der Waals surface area contributed by atoms with Gasteiger partial charge >= 0.3 is 5.69 Å². The Morgan fingerprint density at radius 2 is 2.00 bits per heavy atom. The van der Waals surface area contributed by atoms with Gasteiger partial charge in [0.1, 0.15) is 0 Å². The molecule has 4 nitrogen and oxygen atoms in total. The summed E-state index contributed by atoms with van der Waals surface area (Å²) in [7, 11) is 1.77. The summed E-state index contributed by atoms with van der Waals surface area (Å²) in [6.07, 6.45) is 2.44. The molecule has 1 aliphatic rings. The highest BCUT2D eigenvalue weighted by Crippen LogP contribution is 2.30. The van der Waals surface area contributed by atoms with Crippen LogP contribution in [0.5, 0.6) is 0 Å². The molecule has 0 saturated heterocycles. The van der Waals surface area contributed by atoms with Gasteiger partial charge in [0.05, 0.1) is 0 Å². The number of hydrogen-bond donors (Lipinski definition) is 0. The average Bonchev–Trinajstić information content (AvgIpc) is 3.13. The van der Waals surface area contributed by atoms with Gasteiger partial charge in [-0.3, -0.25) is 4.57 Å². The minimum atomic E-state index is -0.0279. The van der Waals surface area contributed by atoms with Gasteiger partial charge in [0, 0.05) is 23.6 Å². The molecule has 1 aliphatic carbocycles. The lowest BCUT2D eigenvalue weighted by Crippen LogP contribution is -2.23. The lowest BCUT2D eigenvalue weighted by Gasteiger charge is -1.99. The first-order chi connectivity index (χ1) is 8.65. The predicted octanol–water partition coefficient (Wildman–Crippen LogP) is 2.42. The van der Waals surface area contributed by atoms with Crippen LogP contribution in [0.15, 0.2) is 33.5 Å². The molecule has 18 heavy (non-hydrogen) atoms. The van der Waals surface area contributed by atoms with Crippen molar-refractivity contribution in [2.45, 2.75) is 19.4 Å². The molecule has 0 radical (unpaired) electrons. The molecule has 0 atom stereocenters. The molecule has 94 valence electrons. The average molecular weight is 308 g/mol. The van der Waals surface area contributed by atoms with Crippen molar-refractivity contribution < 1.29 is 0 Å². The third-order valence-electron chi connectivity index (χ3n) is 3.27. The summed E-state index contributed by atoms with van der Waals surface area (Å²) in [5.74, 6) is 1.38. The van der Waals surface area contributed by atoms with E-state index in [4.69, 9.17) is 0 Å². The van der Waals surface area contributed by atoms with E-state index in [-0.39, 0.29) is 5.69 Å². The number of benzene rings is 1. The first kappa shape index (κ1) is 11.7. The van der Waals surface area contributed by atoms with E-state index in [0.717, 1.165) is 22.4 Å².